The molecule has 6 nitrogen and oxygen atoms in total. The number of likely N-dealkylation sites (tertiary alicyclic amines) is 1. The molecule has 1 aliphatic heterocycles. The Morgan fingerprint density at radius 2 is 1.89 bits per heavy atom. The van der Waals surface area contributed by atoms with Crippen LogP contribution in [-0.4, -0.2) is 42.4 Å². The van der Waals surface area contributed by atoms with E-state index >= 15 is 0 Å². The van der Waals surface area contributed by atoms with Crippen LogP contribution in [0.2, 0.25) is 0 Å². The Labute approximate surface area is 165 Å². The lowest BCUT2D eigenvalue weighted by molar-refractivity contribution is 0.299. The molecule has 1 aromatic heterocycles. The largest absolute Gasteiger partial charge is 0.493 e. The highest BCUT2D eigenvalue weighted by Gasteiger charge is 2.26. The summed E-state index contributed by atoms with van der Waals surface area (Å²) in [5, 5.41) is 8.44. The molecule has 1 fully saturated rings. The van der Waals surface area contributed by atoms with Crippen LogP contribution in [0.25, 0.3) is 11.5 Å². The van der Waals surface area contributed by atoms with Crippen molar-refractivity contribution in [1.29, 1.82) is 0 Å². The van der Waals surface area contributed by atoms with Gasteiger partial charge in [0.15, 0.2) is 11.5 Å². The van der Waals surface area contributed by atoms with Gasteiger partial charge in [0.2, 0.25) is 11.8 Å². The first-order valence-electron chi connectivity index (χ1n) is 9.57. The third kappa shape index (κ3) is 4.02. The van der Waals surface area contributed by atoms with E-state index in [4.69, 9.17) is 13.9 Å². The van der Waals surface area contributed by atoms with Crippen LogP contribution in [0.3, 0.4) is 0 Å². The van der Waals surface area contributed by atoms with Crippen LogP contribution in [0.4, 0.5) is 0 Å². The van der Waals surface area contributed by atoms with Crippen molar-refractivity contribution in [2.24, 2.45) is 5.92 Å². The molecule has 1 saturated heterocycles. The molecule has 0 amide bonds. The van der Waals surface area contributed by atoms with Crippen LogP contribution in [0.1, 0.15) is 17.9 Å². The molecule has 2 aromatic carbocycles. The zero-order valence-electron chi connectivity index (χ0n) is 16.3. The second-order valence-corrected chi connectivity index (χ2v) is 7.11. The zero-order valence-corrected chi connectivity index (χ0v) is 16.3. The van der Waals surface area contributed by atoms with Gasteiger partial charge >= 0.3 is 0 Å². The number of methoxy groups -OCH3 is 2. The van der Waals surface area contributed by atoms with Crippen molar-refractivity contribution in [3.05, 3.63) is 60.0 Å². The predicted octanol–water partition coefficient (Wildman–Crippen LogP) is 3.82. The van der Waals surface area contributed by atoms with Crippen molar-refractivity contribution in [2.45, 2.75) is 19.4 Å². The molecule has 0 radical (unpaired) electrons. The van der Waals surface area contributed by atoms with Gasteiger partial charge in [-0.25, -0.2) is 0 Å². The van der Waals surface area contributed by atoms with Crippen molar-refractivity contribution in [3.63, 3.8) is 0 Å². The van der Waals surface area contributed by atoms with E-state index in [1.165, 1.54) is 0 Å². The molecule has 0 bridgehead atoms. The smallest absolute Gasteiger partial charge is 0.247 e. The molecule has 1 aliphatic rings. The maximum Gasteiger partial charge on any atom is 0.247 e. The van der Waals surface area contributed by atoms with E-state index in [1.807, 2.05) is 42.5 Å². The Morgan fingerprint density at radius 1 is 1.04 bits per heavy atom. The van der Waals surface area contributed by atoms with Crippen molar-refractivity contribution in [1.82, 2.24) is 15.1 Å². The van der Waals surface area contributed by atoms with Crippen LogP contribution in [-0.2, 0) is 13.0 Å². The number of para-hydroxylation sites is 1. The topological polar surface area (TPSA) is 60.6 Å². The van der Waals surface area contributed by atoms with E-state index < -0.39 is 0 Å². The van der Waals surface area contributed by atoms with Gasteiger partial charge < -0.3 is 13.9 Å². The standard InChI is InChI=1S/C22H25N3O3/c1-26-19-10-6-9-18(21(19)27-2)15-25-12-11-16(14-25)13-20-23-24-22(28-20)17-7-4-3-5-8-17/h3-10,16H,11-15H2,1-2H3. The fourth-order valence-electron chi connectivity index (χ4n) is 3.82. The van der Waals surface area contributed by atoms with Gasteiger partial charge in [0.1, 0.15) is 0 Å². The lowest BCUT2D eigenvalue weighted by Gasteiger charge is -2.19. The fourth-order valence-corrected chi connectivity index (χ4v) is 3.82. The van der Waals surface area contributed by atoms with E-state index in [-0.39, 0.29) is 0 Å². The van der Waals surface area contributed by atoms with Crippen LogP contribution < -0.4 is 9.47 Å². The monoisotopic (exact) mass is 379 g/mol. The van der Waals surface area contributed by atoms with Gasteiger partial charge in [-0.1, -0.05) is 30.3 Å². The first kappa shape index (κ1) is 18.5. The van der Waals surface area contributed by atoms with Crippen molar-refractivity contribution >= 4 is 0 Å². The normalized spacial score (nSPS) is 17.0. The van der Waals surface area contributed by atoms with Gasteiger partial charge in [0.05, 0.1) is 14.2 Å². The van der Waals surface area contributed by atoms with Crippen LogP contribution in [0.15, 0.2) is 52.9 Å². The Balaban J connectivity index is 1.37. The average molecular weight is 379 g/mol. The summed E-state index contributed by atoms with van der Waals surface area (Å²) in [5.41, 5.74) is 2.10. The summed E-state index contributed by atoms with van der Waals surface area (Å²) >= 11 is 0. The summed E-state index contributed by atoms with van der Waals surface area (Å²) < 4.78 is 16.8. The minimum Gasteiger partial charge on any atom is -0.493 e. The zero-order chi connectivity index (χ0) is 19.3. The Hall–Kier alpha value is -2.86. The molecule has 6 heteroatoms. The van der Waals surface area contributed by atoms with Gasteiger partial charge in [-0.2, -0.15) is 0 Å². The predicted molar refractivity (Wildman–Crippen MR) is 106 cm³/mol. The number of ether oxygens (including phenoxy) is 2. The molecule has 28 heavy (non-hydrogen) atoms. The molecule has 1 atom stereocenters. The number of hydrogen-bond acceptors (Lipinski definition) is 6. The number of aromatic nitrogens is 2. The maximum atomic E-state index is 5.87. The summed E-state index contributed by atoms with van der Waals surface area (Å²) in [6.45, 7) is 2.89. The Morgan fingerprint density at radius 3 is 2.68 bits per heavy atom. The quantitative estimate of drug-likeness (QED) is 0.622. The molecular formula is C22H25N3O3. The number of benzene rings is 2. The second kappa shape index (κ2) is 8.44. The summed E-state index contributed by atoms with van der Waals surface area (Å²) in [6, 6.07) is 15.9. The van der Waals surface area contributed by atoms with Gasteiger partial charge in [0.25, 0.3) is 0 Å². The number of hydrogen-bond donors (Lipinski definition) is 0. The molecule has 0 N–H and O–H groups in total. The van der Waals surface area contributed by atoms with E-state index in [0.29, 0.717) is 17.7 Å². The maximum absolute atomic E-state index is 5.87. The van der Waals surface area contributed by atoms with Crippen molar-refractivity contribution < 1.29 is 13.9 Å². The Kier molecular flexibility index (Phi) is 5.58. The summed E-state index contributed by atoms with van der Waals surface area (Å²) in [6.07, 6.45) is 1.93. The number of nitrogens with zero attached hydrogens (tertiary/aromatic N) is 3. The van der Waals surface area contributed by atoms with E-state index in [0.717, 1.165) is 55.1 Å². The van der Waals surface area contributed by atoms with Gasteiger partial charge in [-0.3, -0.25) is 4.90 Å². The molecule has 2 heterocycles. The first-order chi connectivity index (χ1) is 13.8. The summed E-state index contributed by atoms with van der Waals surface area (Å²) in [7, 11) is 3.36. The molecule has 0 aliphatic carbocycles. The summed E-state index contributed by atoms with van der Waals surface area (Å²) in [4.78, 5) is 2.44. The first-order valence-corrected chi connectivity index (χ1v) is 9.57. The third-order valence-corrected chi connectivity index (χ3v) is 5.20. The molecule has 3 aromatic rings. The molecule has 146 valence electrons. The summed E-state index contributed by atoms with van der Waals surface area (Å²) in [5.74, 6) is 3.41. The Bertz CT molecular complexity index is 910. The van der Waals surface area contributed by atoms with E-state index in [9.17, 15) is 0 Å². The molecule has 0 spiro atoms. The SMILES string of the molecule is COc1cccc(CN2CCC(Cc3nnc(-c4ccccc4)o3)C2)c1OC. The molecule has 1 unspecified atom stereocenters. The van der Waals surface area contributed by atoms with Gasteiger partial charge in [0, 0.05) is 30.6 Å². The molecule has 4 rings (SSSR count). The average Bonchev–Trinajstić information content (AvgIpc) is 3.38. The lowest BCUT2D eigenvalue weighted by Crippen LogP contribution is -2.21. The highest BCUT2D eigenvalue weighted by molar-refractivity contribution is 5.51. The highest BCUT2D eigenvalue weighted by atomic mass is 16.5. The fraction of sp³-hybridized carbons (Fsp3) is 0.364. The number of rotatable bonds is 7. The highest BCUT2D eigenvalue weighted by Crippen LogP contribution is 2.33. The lowest BCUT2D eigenvalue weighted by atomic mass is 10.1. The van der Waals surface area contributed by atoms with E-state index in [2.05, 4.69) is 21.2 Å². The van der Waals surface area contributed by atoms with Crippen molar-refractivity contribution in [3.8, 4) is 23.0 Å². The van der Waals surface area contributed by atoms with Gasteiger partial charge in [-0.05, 0) is 37.1 Å². The molecular weight excluding hydrogens is 354 g/mol. The molecule has 0 saturated carbocycles. The van der Waals surface area contributed by atoms with Gasteiger partial charge in [-0.15, -0.1) is 10.2 Å². The second-order valence-electron chi connectivity index (χ2n) is 7.11. The van der Waals surface area contributed by atoms with Crippen LogP contribution in [0.5, 0.6) is 11.5 Å². The van der Waals surface area contributed by atoms with E-state index in [1.54, 1.807) is 14.2 Å². The van der Waals surface area contributed by atoms with Crippen molar-refractivity contribution in [2.75, 3.05) is 27.3 Å². The van der Waals surface area contributed by atoms with Crippen LogP contribution in [0, 0.1) is 5.92 Å². The minimum atomic E-state index is 0.515. The third-order valence-electron chi connectivity index (χ3n) is 5.20. The minimum absolute atomic E-state index is 0.515. The van der Waals surface area contributed by atoms with Crippen LogP contribution >= 0.6 is 0 Å².